The van der Waals surface area contributed by atoms with Crippen molar-refractivity contribution < 1.29 is 9.21 Å². The van der Waals surface area contributed by atoms with Gasteiger partial charge in [-0.2, -0.15) is 0 Å². The normalized spacial score (nSPS) is 10.7. The van der Waals surface area contributed by atoms with E-state index in [1.165, 1.54) is 0 Å². The van der Waals surface area contributed by atoms with Gasteiger partial charge in [0.1, 0.15) is 5.69 Å². The number of fused-ring (bicyclic) bond motifs is 1. The highest BCUT2D eigenvalue weighted by Crippen LogP contribution is 2.17. The highest BCUT2D eigenvalue weighted by atomic mass is 16.3. The van der Waals surface area contributed by atoms with Crippen LogP contribution in [0.2, 0.25) is 0 Å². The molecule has 5 nitrogen and oxygen atoms in total. The summed E-state index contributed by atoms with van der Waals surface area (Å²) in [4.78, 5) is 21.1. The Hall–Kier alpha value is -3.47. The molecular formula is C20H15N3O2. The maximum atomic E-state index is 12.3. The average molecular weight is 329 g/mol. The van der Waals surface area contributed by atoms with Crippen LogP contribution in [0.25, 0.3) is 22.2 Å². The van der Waals surface area contributed by atoms with Crippen LogP contribution in [0.5, 0.6) is 0 Å². The summed E-state index contributed by atoms with van der Waals surface area (Å²) in [5, 5.41) is 3.89. The second kappa shape index (κ2) is 6.57. The van der Waals surface area contributed by atoms with Gasteiger partial charge >= 0.3 is 0 Å². The third-order valence-corrected chi connectivity index (χ3v) is 3.93. The number of rotatable bonds is 4. The zero-order chi connectivity index (χ0) is 17.1. The van der Waals surface area contributed by atoms with E-state index in [9.17, 15) is 4.79 Å². The van der Waals surface area contributed by atoms with Crippen LogP contribution in [0.3, 0.4) is 0 Å². The molecule has 122 valence electrons. The number of amides is 1. The molecule has 3 heterocycles. The molecule has 0 saturated heterocycles. The van der Waals surface area contributed by atoms with Crippen molar-refractivity contribution in [3.8, 4) is 11.3 Å². The second-order valence-corrected chi connectivity index (χ2v) is 5.64. The van der Waals surface area contributed by atoms with Gasteiger partial charge in [0.25, 0.3) is 5.91 Å². The molecule has 5 heteroatoms. The van der Waals surface area contributed by atoms with E-state index >= 15 is 0 Å². The number of nitrogens with zero attached hydrogens (tertiary/aromatic N) is 2. The number of nitrogens with one attached hydrogen (secondary N) is 1. The Balaban J connectivity index is 1.44. The van der Waals surface area contributed by atoms with Crippen LogP contribution in [0.4, 0.5) is 0 Å². The molecule has 4 rings (SSSR count). The first-order chi connectivity index (χ1) is 12.3. The Labute approximate surface area is 144 Å². The fraction of sp³-hybridized carbons (Fsp3) is 0.0500. The monoisotopic (exact) mass is 329 g/mol. The predicted octanol–water partition coefficient (Wildman–Crippen LogP) is 3.82. The van der Waals surface area contributed by atoms with Crippen molar-refractivity contribution in [2.24, 2.45) is 0 Å². The van der Waals surface area contributed by atoms with Crippen LogP contribution in [0.15, 0.2) is 77.7 Å². The predicted molar refractivity (Wildman–Crippen MR) is 94.9 cm³/mol. The van der Waals surface area contributed by atoms with Gasteiger partial charge in [-0.25, -0.2) is 4.98 Å². The van der Waals surface area contributed by atoms with E-state index < -0.39 is 0 Å². The fourth-order valence-corrected chi connectivity index (χ4v) is 2.58. The number of pyridine rings is 2. The second-order valence-electron chi connectivity index (χ2n) is 5.64. The van der Waals surface area contributed by atoms with Crippen LogP contribution < -0.4 is 5.32 Å². The van der Waals surface area contributed by atoms with Gasteiger partial charge in [-0.3, -0.25) is 9.78 Å². The van der Waals surface area contributed by atoms with E-state index in [1.54, 1.807) is 24.8 Å². The molecule has 0 atom stereocenters. The molecule has 1 N–H and O–H groups in total. The number of aromatic nitrogens is 2. The van der Waals surface area contributed by atoms with E-state index in [1.807, 2.05) is 48.5 Å². The Kier molecular flexibility index (Phi) is 3.96. The summed E-state index contributed by atoms with van der Waals surface area (Å²) in [5.74, 6) is -0.204. The van der Waals surface area contributed by atoms with Crippen LogP contribution >= 0.6 is 0 Å². The minimum absolute atomic E-state index is 0.204. The molecule has 1 amide bonds. The number of benzene rings is 1. The molecule has 0 aliphatic rings. The molecule has 0 saturated carbocycles. The zero-order valence-electron chi connectivity index (χ0n) is 13.3. The molecule has 1 aromatic carbocycles. The lowest BCUT2D eigenvalue weighted by Gasteiger charge is -2.06. The van der Waals surface area contributed by atoms with Crippen molar-refractivity contribution in [1.82, 2.24) is 15.3 Å². The molecule has 3 aromatic heterocycles. The van der Waals surface area contributed by atoms with Crippen molar-refractivity contribution >= 4 is 16.8 Å². The van der Waals surface area contributed by atoms with E-state index in [0.717, 1.165) is 27.7 Å². The Morgan fingerprint density at radius 2 is 1.96 bits per heavy atom. The maximum absolute atomic E-state index is 12.3. The molecule has 0 aliphatic heterocycles. The van der Waals surface area contributed by atoms with Crippen molar-refractivity contribution in [3.05, 3.63) is 84.6 Å². The van der Waals surface area contributed by atoms with E-state index in [2.05, 4.69) is 15.3 Å². The average Bonchev–Trinajstić information content (AvgIpc) is 3.21. The zero-order valence-corrected chi connectivity index (χ0v) is 13.3. The molecule has 0 radical (unpaired) electrons. The van der Waals surface area contributed by atoms with Crippen molar-refractivity contribution in [2.45, 2.75) is 6.54 Å². The molecular weight excluding hydrogens is 314 g/mol. The summed E-state index contributed by atoms with van der Waals surface area (Å²) in [5.41, 5.74) is 3.89. The molecule has 0 unspecified atom stereocenters. The highest BCUT2D eigenvalue weighted by Gasteiger charge is 2.08. The van der Waals surface area contributed by atoms with Crippen molar-refractivity contribution in [3.63, 3.8) is 0 Å². The molecule has 0 spiro atoms. The number of hydrogen-bond donors (Lipinski definition) is 1. The van der Waals surface area contributed by atoms with Gasteiger partial charge in [0.05, 0.1) is 23.7 Å². The third kappa shape index (κ3) is 3.26. The van der Waals surface area contributed by atoms with Crippen LogP contribution in [-0.4, -0.2) is 15.9 Å². The molecule has 0 bridgehead atoms. The highest BCUT2D eigenvalue weighted by molar-refractivity contribution is 5.94. The summed E-state index contributed by atoms with van der Waals surface area (Å²) in [6, 6.07) is 17.0. The van der Waals surface area contributed by atoms with Gasteiger partial charge in [0.2, 0.25) is 0 Å². The summed E-state index contributed by atoms with van der Waals surface area (Å²) < 4.78 is 5.05. The fourth-order valence-electron chi connectivity index (χ4n) is 2.58. The van der Waals surface area contributed by atoms with E-state index in [0.29, 0.717) is 12.2 Å². The Morgan fingerprint density at radius 1 is 1.04 bits per heavy atom. The maximum Gasteiger partial charge on any atom is 0.270 e. The number of hydrogen-bond acceptors (Lipinski definition) is 4. The molecule has 25 heavy (non-hydrogen) atoms. The van der Waals surface area contributed by atoms with Crippen LogP contribution in [0.1, 0.15) is 16.1 Å². The molecule has 4 aromatic rings. The Morgan fingerprint density at radius 3 is 2.76 bits per heavy atom. The number of para-hydroxylation sites is 1. The lowest BCUT2D eigenvalue weighted by molar-refractivity contribution is 0.0946. The van der Waals surface area contributed by atoms with Crippen LogP contribution in [-0.2, 0) is 6.54 Å². The summed E-state index contributed by atoms with van der Waals surface area (Å²) >= 11 is 0. The number of carbonyl (C=O) groups excluding carboxylic acids is 1. The topological polar surface area (TPSA) is 68.0 Å². The van der Waals surface area contributed by atoms with Gasteiger partial charge in [-0.1, -0.05) is 30.3 Å². The van der Waals surface area contributed by atoms with Crippen molar-refractivity contribution in [1.29, 1.82) is 0 Å². The third-order valence-electron chi connectivity index (χ3n) is 3.93. The van der Waals surface area contributed by atoms with Gasteiger partial charge in [0, 0.05) is 23.7 Å². The first-order valence-electron chi connectivity index (χ1n) is 7.91. The van der Waals surface area contributed by atoms with Gasteiger partial charge in [0.15, 0.2) is 0 Å². The standard InChI is InChI=1S/C20H15N3O2/c24-20(19-8-6-15-3-1-2-4-18(15)23-19)22-12-14-5-7-17(21-11-14)16-9-10-25-13-16/h1-11,13H,12H2,(H,22,24). The summed E-state index contributed by atoms with van der Waals surface area (Å²) in [6.07, 6.45) is 5.01. The van der Waals surface area contributed by atoms with Gasteiger partial charge in [-0.05, 0) is 29.8 Å². The molecule has 0 aliphatic carbocycles. The van der Waals surface area contributed by atoms with Crippen LogP contribution in [0, 0.1) is 0 Å². The van der Waals surface area contributed by atoms with E-state index in [-0.39, 0.29) is 5.91 Å². The van der Waals surface area contributed by atoms with Gasteiger partial charge in [-0.15, -0.1) is 0 Å². The number of carbonyl (C=O) groups is 1. The molecule has 0 fully saturated rings. The lowest BCUT2D eigenvalue weighted by Crippen LogP contribution is -2.23. The van der Waals surface area contributed by atoms with Crippen molar-refractivity contribution in [2.75, 3.05) is 0 Å². The lowest BCUT2D eigenvalue weighted by atomic mass is 10.2. The first kappa shape index (κ1) is 15.1. The largest absolute Gasteiger partial charge is 0.472 e. The minimum Gasteiger partial charge on any atom is -0.472 e. The summed E-state index contributed by atoms with van der Waals surface area (Å²) in [6.45, 7) is 0.395. The smallest absolute Gasteiger partial charge is 0.270 e. The SMILES string of the molecule is O=C(NCc1ccc(-c2ccoc2)nc1)c1ccc2ccccc2n1. The quantitative estimate of drug-likeness (QED) is 0.618. The van der Waals surface area contributed by atoms with Gasteiger partial charge < -0.3 is 9.73 Å². The Bertz CT molecular complexity index is 1010. The first-order valence-corrected chi connectivity index (χ1v) is 7.91. The summed E-state index contributed by atoms with van der Waals surface area (Å²) in [7, 11) is 0. The number of furan rings is 1. The van der Waals surface area contributed by atoms with E-state index in [4.69, 9.17) is 4.42 Å². The minimum atomic E-state index is -0.204.